The van der Waals surface area contributed by atoms with Crippen LogP contribution in [-0.4, -0.2) is 35.3 Å². The number of carbonyl (C=O) groups is 1. The standard InChI is InChI=1S/C19H28N2O3.ClH/c1-19(12-4-5-13-20-19)18(23)21-14-8-10-15(11-9-14)24-17-7-3-2-6-16(17)22;/h8-11,16-17,20,22H,2-7,12-13H2,1H3,(H,21,23);1H. The molecule has 140 valence electrons. The molecular weight excluding hydrogens is 340 g/mol. The minimum Gasteiger partial charge on any atom is -0.488 e. The Bertz CT molecular complexity index is 558. The van der Waals surface area contributed by atoms with E-state index < -0.39 is 5.54 Å². The summed E-state index contributed by atoms with van der Waals surface area (Å²) in [6.07, 6.45) is 6.43. The van der Waals surface area contributed by atoms with Crippen molar-refractivity contribution in [2.24, 2.45) is 0 Å². The van der Waals surface area contributed by atoms with E-state index >= 15 is 0 Å². The molecular formula is C19H29ClN2O3. The molecule has 1 aliphatic carbocycles. The number of aliphatic hydroxyl groups excluding tert-OH is 1. The molecule has 25 heavy (non-hydrogen) atoms. The van der Waals surface area contributed by atoms with Crippen molar-refractivity contribution in [2.75, 3.05) is 11.9 Å². The highest BCUT2D eigenvalue weighted by molar-refractivity contribution is 5.97. The van der Waals surface area contributed by atoms with E-state index in [0.29, 0.717) is 0 Å². The molecule has 1 aromatic carbocycles. The summed E-state index contributed by atoms with van der Waals surface area (Å²) >= 11 is 0. The molecule has 0 radical (unpaired) electrons. The third-order valence-corrected chi connectivity index (χ3v) is 5.19. The van der Waals surface area contributed by atoms with E-state index in [4.69, 9.17) is 4.74 Å². The van der Waals surface area contributed by atoms with Crippen LogP contribution in [0, 0.1) is 0 Å². The molecule has 0 bridgehead atoms. The van der Waals surface area contributed by atoms with Crippen molar-refractivity contribution in [3.8, 4) is 5.75 Å². The number of aliphatic hydroxyl groups is 1. The Morgan fingerprint density at radius 1 is 1.20 bits per heavy atom. The van der Waals surface area contributed by atoms with Gasteiger partial charge in [-0.15, -0.1) is 12.4 Å². The number of nitrogens with one attached hydrogen (secondary N) is 2. The second kappa shape index (κ2) is 8.88. The van der Waals surface area contributed by atoms with E-state index in [1.54, 1.807) is 0 Å². The smallest absolute Gasteiger partial charge is 0.244 e. The molecule has 1 amide bonds. The number of ether oxygens (including phenoxy) is 1. The number of halogens is 1. The van der Waals surface area contributed by atoms with E-state index in [0.717, 1.165) is 62.9 Å². The second-order valence-corrected chi connectivity index (χ2v) is 7.20. The van der Waals surface area contributed by atoms with Gasteiger partial charge in [-0.2, -0.15) is 0 Å². The van der Waals surface area contributed by atoms with Crippen LogP contribution in [0.1, 0.15) is 51.9 Å². The number of amides is 1. The Labute approximate surface area is 155 Å². The molecule has 3 N–H and O–H groups in total. The van der Waals surface area contributed by atoms with Crippen molar-refractivity contribution >= 4 is 24.0 Å². The van der Waals surface area contributed by atoms with Crippen LogP contribution < -0.4 is 15.4 Å². The van der Waals surface area contributed by atoms with E-state index in [9.17, 15) is 9.90 Å². The van der Waals surface area contributed by atoms with Gasteiger partial charge in [0.25, 0.3) is 0 Å². The maximum absolute atomic E-state index is 12.5. The summed E-state index contributed by atoms with van der Waals surface area (Å²) in [4.78, 5) is 12.5. The Kier molecular flexibility index (Phi) is 7.11. The van der Waals surface area contributed by atoms with Crippen LogP contribution >= 0.6 is 12.4 Å². The van der Waals surface area contributed by atoms with Crippen LogP contribution in [0.15, 0.2) is 24.3 Å². The van der Waals surface area contributed by atoms with Gasteiger partial charge in [0, 0.05) is 5.69 Å². The first-order chi connectivity index (χ1) is 11.6. The van der Waals surface area contributed by atoms with Crippen molar-refractivity contribution in [2.45, 2.75) is 69.6 Å². The van der Waals surface area contributed by atoms with Gasteiger partial charge in [0.1, 0.15) is 11.9 Å². The van der Waals surface area contributed by atoms with Gasteiger partial charge in [0.15, 0.2) is 0 Å². The van der Waals surface area contributed by atoms with Crippen LogP contribution in [0.3, 0.4) is 0 Å². The van der Waals surface area contributed by atoms with Crippen LogP contribution in [0.5, 0.6) is 5.75 Å². The van der Waals surface area contributed by atoms with Gasteiger partial charge in [-0.3, -0.25) is 4.79 Å². The lowest BCUT2D eigenvalue weighted by Crippen LogP contribution is -2.54. The maximum atomic E-state index is 12.5. The Morgan fingerprint density at radius 2 is 1.92 bits per heavy atom. The average molecular weight is 369 g/mol. The van der Waals surface area contributed by atoms with Crippen molar-refractivity contribution in [1.29, 1.82) is 0 Å². The number of benzene rings is 1. The predicted octanol–water partition coefficient (Wildman–Crippen LogP) is 3.26. The summed E-state index contributed by atoms with van der Waals surface area (Å²) in [6, 6.07) is 7.42. The molecule has 1 aliphatic heterocycles. The molecule has 2 aliphatic rings. The zero-order valence-corrected chi connectivity index (χ0v) is 15.6. The molecule has 3 rings (SSSR count). The number of carbonyl (C=O) groups excluding carboxylic acids is 1. The third kappa shape index (κ3) is 5.09. The molecule has 6 heteroatoms. The Balaban J connectivity index is 0.00000225. The molecule has 0 spiro atoms. The molecule has 3 unspecified atom stereocenters. The van der Waals surface area contributed by atoms with Crippen LogP contribution in [0.25, 0.3) is 0 Å². The average Bonchev–Trinajstić information content (AvgIpc) is 2.59. The number of anilines is 1. The number of rotatable bonds is 4. The fourth-order valence-corrected chi connectivity index (χ4v) is 3.53. The minimum atomic E-state index is -0.486. The number of hydrogen-bond acceptors (Lipinski definition) is 4. The van der Waals surface area contributed by atoms with Gasteiger partial charge in [-0.25, -0.2) is 0 Å². The van der Waals surface area contributed by atoms with Crippen molar-refractivity contribution in [3.63, 3.8) is 0 Å². The molecule has 3 atom stereocenters. The quantitative estimate of drug-likeness (QED) is 0.762. The third-order valence-electron chi connectivity index (χ3n) is 5.19. The summed E-state index contributed by atoms with van der Waals surface area (Å²) in [5.41, 5.74) is 0.282. The first-order valence-electron chi connectivity index (χ1n) is 9.08. The predicted molar refractivity (Wildman–Crippen MR) is 101 cm³/mol. The lowest BCUT2D eigenvalue weighted by Gasteiger charge is -2.33. The van der Waals surface area contributed by atoms with Crippen molar-refractivity contribution in [3.05, 3.63) is 24.3 Å². The van der Waals surface area contributed by atoms with E-state index in [1.807, 2.05) is 31.2 Å². The summed E-state index contributed by atoms with van der Waals surface area (Å²) in [7, 11) is 0. The van der Waals surface area contributed by atoms with Crippen molar-refractivity contribution < 1.29 is 14.6 Å². The largest absolute Gasteiger partial charge is 0.488 e. The highest BCUT2D eigenvalue weighted by Gasteiger charge is 2.34. The maximum Gasteiger partial charge on any atom is 0.244 e. The highest BCUT2D eigenvalue weighted by Crippen LogP contribution is 2.26. The van der Waals surface area contributed by atoms with Gasteiger partial charge in [0.2, 0.25) is 5.91 Å². The second-order valence-electron chi connectivity index (χ2n) is 7.20. The topological polar surface area (TPSA) is 70.6 Å². The van der Waals surface area contributed by atoms with Gasteiger partial charge in [0.05, 0.1) is 11.6 Å². The van der Waals surface area contributed by atoms with Gasteiger partial charge < -0.3 is 20.5 Å². The molecule has 1 aromatic rings. The molecule has 5 nitrogen and oxygen atoms in total. The fourth-order valence-electron chi connectivity index (χ4n) is 3.53. The zero-order valence-electron chi connectivity index (χ0n) is 14.8. The first kappa shape index (κ1) is 20.0. The Morgan fingerprint density at radius 3 is 2.56 bits per heavy atom. The lowest BCUT2D eigenvalue weighted by molar-refractivity contribution is -0.122. The molecule has 1 saturated carbocycles. The molecule has 1 heterocycles. The van der Waals surface area contributed by atoms with Gasteiger partial charge >= 0.3 is 0 Å². The van der Waals surface area contributed by atoms with E-state index in [2.05, 4.69) is 10.6 Å². The number of hydrogen-bond donors (Lipinski definition) is 3. The summed E-state index contributed by atoms with van der Waals surface area (Å²) in [5, 5.41) is 16.3. The summed E-state index contributed by atoms with van der Waals surface area (Å²) in [5.74, 6) is 0.750. The van der Waals surface area contributed by atoms with Crippen LogP contribution in [0.4, 0.5) is 5.69 Å². The van der Waals surface area contributed by atoms with Crippen LogP contribution in [0.2, 0.25) is 0 Å². The number of piperidine rings is 1. The van der Waals surface area contributed by atoms with Gasteiger partial charge in [-0.05, 0) is 76.3 Å². The summed E-state index contributed by atoms with van der Waals surface area (Å²) in [6.45, 7) is 2.85. The molecule has 0 aromatic heterocycles. The fraction of sp³-hybridized carbons (Fsp3) is 0.632. The lowest BCUT2D eigenvalue weighted by atomic mass is 9.90. The molecule has 2 fully saturated rings. The highest BCUT2D eigenvalue weighted by atomic mass is 35.5. The molecule has 1 saturated heterocycles. The van der Waals surface area contributed by atoms with E-state index in [-0.39, 0.29) is 30.5 Å². The SMILES string of the molecule is CC1(C(=O)Nc2ccc(OC3CCCCC3O)cc2)CCCCN1.Cl. The monoisotopic (exact) mass is 368 g/mol. The Hall–Kier alpha value is -1.30. The summed E-state index contributed by atoms with van der Waals surface area (Å²) < 4.78 is 5.89. The van der Waals surface area contributed by atoms with Gasteiger partial charge in [-0.1, -0.05) is 6.42 Å². The minimum absolute atomic E-state index is 0. The van der Waals surface area contributed by atoms with Crippen LogP contribution in [-0.2, 0) is 4.79 Å². The van der Waals surface area contributed by atoms with Crippen molar-refractivity contribution in [1.82, 2.24) is 5.32 Å². The normalized spacial score (nSPS) is 29.4. The van der Waals surface area contributed by atoms with E-state index in [1.165, 1.54) is 0 Å². The zero-order chi connectivity index (χ0) is 17.0. The first-order valence-corrected chi connectivity index (χ1v) is 9.08.